The first-order valence-electron chi connectivity index (χ1n) is 8.40. The van der Waals surface area contributed by atoms with Crippen molar-refractivity contribution in [2.45, 2.75) is 13.0 Å². The molecule has 26 heavy (non-hydrogen) atoms. The molecule has 4 aromatic rings. The number of rotatable bonds is 5. The number of fused-ring (bicyclic) bond motifs is 1. The minimum absolute atomic E-state index is 0.0141. The summed E-state index contributed by atoms with van der Waals surface area (Å²) in [5, 5.41) is 8.09. The molecule has 3 aromatic carbocycles. The van der Waals surface area contributed by atoms with Crippen molar-refractivity contribution in [3.8, 4) is 5.75 Å². The smallest absolute Gasteiger partial charge is 0.333 e. The molecule has 4 rings (SSSR count). The molecule has 0 unspecified atom stereocenters. The minimum Gasteiger partial charge on any atom is -0.425 e. The van der Waals surface area contributed by atoms with Gasteiger partial charge in [0.05, 0.1) is 5.52 Å². The number of carbonyl (C=O) groups is 1. The summed E-state index contributed by atoms with van der Waals surface area (Å²) in [5.41, 5.74) is 3.69. The lowest BCUT2D eigenvalue weighted by Gasteiger charge is -2.10. The van der Waals surface area contributed by atoms with Gasteiger partial charge in [0.15, 0.2) is 0 Å². The van der Waals surface area contributed by atoms with Crippen molar-refractivity contribution in [2.24, 2.45) is 0 Å². The first-order valence-corrected chi connectivity index (χ1v) is 8.40. The molecule has 0 N–H and O–H groups in total. The number of carbonyl (C=O) groups excluding carboxylic acids is 1. The highest BCUT2D eigenvalue weighted by Gasteiger charge is 2.13. The fraction of sp³-hybridized carbons (Fsp3) is 0.0952. The van der Waals surface area contributed by atoms with Gasteiger partial charge in [-0.25, -0.2) is 9.48 Å². The third kappa shape index (κ3) is 3.47. The lowest BCUT2D eigenvalue weighted by Crippen LogP contribution is -2.18. The lowest BCUT2D eigenvalue weighted by atomic mass is 10.0. The van der Waals surface area contributed by atoms with Crippen LogP contribution in [0.25, 0.3) is 11.0 Å². The molecule has 0 amide bonds. The van der Waals surface area contributed by atoms with Crippen molar-refractivity contribution in [3.05, 3.63) is 90.0 Å². The van der Waals surface area contributed by atoms with Crippen molar-refractivity contribution in [1.29, 1.82) is 0 Å². The second-order valence-corrected chi connectivity index (χ2v) is 5.98. The van der Waals surface area contributed by atoms with Crippen LogP contribution in [0.1, 0.15) is 11.1 Å². The number of hydrogen-bond acceptors (Lipinski definition) is 4. The number of benzene rings is 3. The van der Waals surface area contributed by atoms with Gasteiger partial charge >= 0.3 is 5.97 Å². The van der Waals surface area contributed by atoms with E-state index in [1.807, 2.05) is 66.7 Å². The Hall–Kier alpha value is -3.47. The monoisotopic (exact) mass is 343 g/mol. The third-order valence-corrected chi connectivity index (χ3v) is 4.13. The van der Waals surface area contributed by atoms with Crippen molar-refractivity contribution in [3.63, 3.8) is 0 Å². The Morgan fingerprint density at radius 2 is 1.62 bits per heavy atom. The molecule has 0 fully saturated rings. The third-order valence-electron chi connectivity index (χ3n) is 4.13. The average molecular weight is 343 g/mol. The van der Waals surface area contributed by atoms with Gasteiger partial charge in [0, 0.05) is 6.42 Å². The summed E-state index contributed by atoms with van der Waals surface area (Å²) in [7, 11) is 0. The zero-order valence-corrected chi connectivity index (χ0v) is 14.1. The summed E-state index contributed by atoms with van der Waals surface area (Å²) in [6, 6.07) is 25.2. The predicted molar refractivity (Wildman–Crippen MR) is 98.9 cm³/mol. The molecule has 0 aliphatic carbocycles. The van der Waals surface area contributed by atoms with E-state index < -0.39 is 0 Å². The minimum atomic E-state index is -0.374. The van der Waals surface area contributed by atoms with Crippen molar-refractivity contribution in [2.75, 3.05) is 0 Å². The van der Waals surface area contributed by atoms with E-state index in [0.717, 1.165) is 16.6 Å². The number of nitrogens with zero attached hydrogens (tertiary/aromatic N) is 3. The molecule has 0 aliphatic heterocycles. The van der Waals surface area contributed by atoms with Gasteiger partial charge in [-0.3, -0.25) is 0 Å². The maximum atomic E-state index is 12.4. The highest BCUT2D eigenvalue weighted by Crippen LogP contribution is 2.22. The molecule has 1 heterocycles. The molecule has 128 valence electrons. The lowest BCUT2D eigenvalue weighted by molar-refractivity contribution is -0.135. The van der Waals surface area contributed by atoms with Gasteiger partial charge in [-0.2, -0.15) is 0 Å². The van der Waals surface area contributed by atoms with E-state index in [1.54, 1.807) is 4.68 Å². The van der Waals surface area contributed by atoms with E-state index in [0.29, 0.717) is 12.2 Å². The van der Waals surface area contributed by atoms with E-state index in [9.17, 15) is 4.79 Å². The topological polar surface area (TPSA) is 57.0 Å². The van der Waals surface area contributed by atoms with Crippen LogP contribution >= 0.6 is 0 Å². The van der Waals surface area contributed by atoms with Gasteiger partial charge in [-0.15, -0.1) is 5.10 Å². The first kappa shape index (κ1) is 16.0. The van der Waals surface area contributed by atoms with Gasteiger partial charge in [0.1, 0.15) is 17.8 Å². The second kappa shape index (κ2) is 7.19. The Morgan fingerprint density at radius 3 is 2.50 bits per heavy atom. The van der Waals surface area contributed by atoms with Crippen LogP contribution in [0.3, 0.4) is 0 Å². The SMILES string of the molecule is O=C(Cn1nnc2ccccc21)Oc1ccccc1Cc1ccccc1. The maximum Gasteiger partial charge on any atom is 0.333 e. The van der Waals surface area contributed by atoms with Crippen LogP contribution in [0, 0.1) is 0 Å². The number of para-hydroxylation sites is 2. The Kier molecular flexibility index (Phi) is 4.43. The van der Waals surface area contributed by atoms with Crippen LogP contribution in [0.2, 0.25) is 0 Å². The maximum absolute atomic E-state index is 12.4. The molecular formula is C21H17N3O2. The summed E-state index contributed by atoms with van der Waals surface area (Å²) in [6.07, 6.45) is 0.705. The number of ether oxygens (including phenoxy) is 1. The largest absolute Gasteiger partial charge is 0.425 e. The molecule has 1 aromatic heterocycles. The van der Waals surface area contributed by atoms with Crippen LogP contribution in [0.5, 0.6) is 5.75 Å². The predicted octanol–water partition coefficient (Wildman–Crippen LogP) is 3.63. The van der Waals surface area contributed by atoms with Gasteiger partial charge in [-0.05, 0) is 29.3 Å². The molecular weight excluding hydrogens is 326 g/mol. The fourth-order valence-corrected chi connectivity index (χ4v) is 2.88. The van der Waals surface area contributed by atoms with Crippen LogP contribution < -0.4 is 4.74 Å². The van der Waals surface area contributed by atoms with E-state index >= 15 is 0 Å². The fourth-order valence-electron chi connectivity index (χ4n) is 2.88. The molecule has 0 bridgehead atoms. The van der Waals surface area contributed by atoms with Gasteiger partial charge < -0.3 is 4.74 Å². The molecule has 0 spiro atoms. The van der Waals surface area contributed by atoms with Crippen molar-refractivity contribution >= 4 is 17.0 Å². The number of hydrogen-bond donors (Lipinski definition) is 0. The summed E-state index contributed by atoms with van der Waals surface area (Å²) in [5.74, 6) is 0.201. The molecule has 5 heteroatoms. The Labute approximate surface area is 150 Å². The van der Waals surface area contributed by atoms with E-state index in [1.165, 1.54) is 5.56 Å². The molecule has 0 saturated carbocycles. The standard InChI is InChI=1S/C21H17N3O2/c25-21(15-24-19-12-6-5-11-18(19)22-23-24)26-20-13-7-4-10-17(20)14-16-8-2-1-3-9-16/h1-13H,14-15H2. The van der Waals surface area contributed by atoms with Crippen molar-refractivity contribution in [1.82, 2.24) is 15.0 Å². The highest BCUT2D eigenvalue weighted by atomic mass is 16.5. The Balaban J connectivity index is 1.51. The highest BCUT2D eigenvalue weighted by molar-refractivity contribution is 5.78. The summed E-state index contributed by atoms with van der Waals surface area (Å²) in [4.78, 5) is 12.4. The van der Waals surface area contributed by atoms with E-state index in [2.05, 4.69) is 22.4 Å². The molecule has 0 saturated heterocycles. The summed E-state index contributed by atoms with van der Waals surface area (Å²) < 4.78 is 7.17. The van der Waals surface area contributed by atoms with Gasteiger partial charge in [-0.1, -0.05) is 65.9 Å². The van der Waals surface area contributed by atoms with Crippen LogP contribution in [-0.2, 0) is 17.8 Å². The molecule has 0 radical (unpaired) electrons. The Bertz CT molecular complexity index is 1040. The van der Waals surface area contributed by atoms with E-state index in [-0.39, 0.29) is 12.5 Å². The summed E-state index contributed by atoms with van der Waals surface area (Å²) in [6.45, 7) is 0.0141. The van der Waals surface area contributed by atoms with Crippen LogP contribution in [0.4, 0.5) is 0 Å². The number of esters is 1. The van der Waals surface area contributed by atoms with Gasteiger partial charge in [0.2, 0.25) is 0 Å². The zero-order chi connectivity index (χ0) is 17.8. The number of aromatic nitrogens is 3. The van der Waals surface area contributed by atoms with Crippen LogP contribution in [-0.4, -0.2) is 21.0 Å². The quantitative estimate of drug-likeness (QED) is 0.410. The normalized spacial score (nSPS) is 10.8. The second-order valence-electron chi connectivity index (χ2n) is 5.98. The zero-order valence-electron chi connectivity index (χ0n) is 14.1. The Morgan fingerprint density at radius 1 is 0.885 bits per heavy atom. The molecule has 0 aliphatic rings. The average Bonchev–Trinajstić information content (AvgIpc) is 3.07. The summed E-state index contributed by atoms with van der Waals surface area (Å²) >= 11 is 0. The van der Waals surface area contributed by atoms with Crippen molar-refractivity contribution < 1.29 is 9.53 Å². The van der Waals surface area contributed by atoms with Crippen LogP contribution in [0.15, 0.2) is 78.9 Å². The molecule has 5 nitrogen and oxygen atoms in total. The van der Waals surface area contributed by atoms with E-state index in [4.69, 9.17) is 4.74 Å². The molecule has 0 atom stereocenters. The van der Waals surface area contributed by atoms with Gasteiger partial charge in [0.25, 0.3) is 0 Å². The first-order chi connectivity index (χ1) is 12.8.